The van der Waals surface area contributed by atoms with Gasteiger partial charge in [0.25, 0.3) is 0 Å². The zero-order chi connectivity index (χ0) is 7.28. The Hall–Kier alpha value is -0.150. The van der Waals surface area contributed by atoms with Crippen molar-refractivity contribution in [2.75, 3.05) is 12.5 Å². The number of carbonyl (C=O) groups is 1. The van der Waals surface area contributed by atoms with Gasteiger partial charge in [0.15, 0.2) is 0 Å². The van der Waals surface area contributed by atoms with Crippen LogP contribution in [0.15, 0.2) is 0 Å². The standard InChI is InChI=1S/C4H6Cl2O3/c5-1-3(6)2-9-4(7)8/h3H,1-2H2,(H,7,8). The third-order valence-electron chi connectivity index (χ3n) is 0.555. The second-order valence-corrected chi connectivity index (χ2v) is 2.25. The van der Waals surface area contributed by atoms with E-state index in [2.05, 4.69) is 4.74 Å². The molecule has 54 valence electrons. The van der Waals surface area contributed by atoms with E-state index in [1.807, 2.05) is 0 Å². The molecule has 0 radical (unpaired) electrons. The first kappa shape index (κ1) is 8.85. The van der Waals surface area contributed by atoms with Gasteiger partial charge in [0.2, 0.25) is 0 Å². The Bertz CT molecular complexity index is 95.8. The van der Waals surface area contributed by atoms with E-state index in [9.17, 15) is 4.79 Å². The molecule has 0 amide bonds. The molecule has 0 aliphatic heterocycles. The zero-order valence-electron chi connectivity index (χ0n) is 4.51. The fourth-order valence-electron chi connectivity index (χ4n) is 0.206. The molecule has 0 bridgehead atoms. The van der Waals surface area contributed by atoms with Gasteiger partial charge in [-0.3, -0.25) is 0 Å². The molecule has 1 N–H and O–H groups in total. The number of ether oxygens (including phenoxy) is 1. The van der Waals surface area contributed by atoms with Gasteiger partial charge in [0, 0.05) is 5.88 Å². The highest BCUT2D eigenvalue weighted by atomic mass is 35.5. The van der Waals surface area contributed by atoms with E-state index in [4.69, 9.17) is 28.3 Å². The highest BCUT2D eigenvalue weighted by Crippen LogP contribution is 1.98. The Balaban J connectivity index is 3.16. The summed E-state index contributed by atoms with van der Waals surface area (Å²) >= 11 is 10.6. The molecule has 0 saturated carbocycles. The summed E-state index contributed by atoms with van der Waals surface area (Å²) in [6, 6.07) is 0. The second-order valence-electron chi connectivity index (χ2n) is 1.33. The Morgan fingerprint density at radius 2 is 2.33 bits per heavy atom. The van der Waals surface area contributed by atoms with Crippen molar-refractivity contribution in [3.8, 4) is 0 Å². The average molecular weight is 173 g/mol. The smallest absolute Gasteiger partial charge is 0.450 e. The summed E-state index contributed by atoms with van der Waals surface area (Å²) in [7, 11) is 0. The number of hydrogen-bond acceptors (Lipinski definition) is 2. The van der Waals surface area contributed by atoms with Crippen LogP contribution in [0.4, 0.5) is 4.79 Å². The predicted molar refractivity (Wildman–Crippen MR) is 34.3 cm³/mol. The van der Waals surface area contributed by atoms with Crippen LogP contribution in [0.5, 0.6) is 0 Å². The Labute approximate surface area is 62.5 Å². The highest BCUT2D eigenvalue weighted by Gasteiger charge is 2.04. The fourth-order valence-corrected chi connectivity index (χ4v) is 0.358. The van der Waals surface area contributed by atoms with E-state index in [1.54, 1.807) is 0 Å². The molecule has 5 heteroatoms. The molecule has 0 rings (SSSR count). The molecule has 0 aromatic carbocycles. The minimum atomic E-state index is -1.33. The lowest BCUT2D eigenvalue weighted by Crippen LogP contribution is -2.13. The summed E-state index contributed by atoms with van der Waals surface area (Å²) in [5.74, 6) is 0.189. The zero-order valence-corrected chi connectivity index (χ0v) is 6.02. The predicted octanol–water partition coefficient (Wildman–Crippen LogP) is 1.53. The van der Waals surface area contributed by atoms with E-state index in [0.29, 0.717) is 0 Å². The van der Waals surface area contributed by atoms with Gasteiger partial charge in [-0.05, 0) is 0 Å². The van der Waals surface area contributed by atoms with Gasteiger partial charge >= 0.3 is 6.16 Å². The molecule has 1 unspecified atom stereocenters. The highest BCUT2D eigenvalue weighted by molar-refractivity contribution is 6.28. The topological polar surface area (TPSA) is 46.5 Å². The molecule has 0 spiro atoms. The molecule has 0 aromatic heterocycles. The van der Waals surface area contributed by atoms with Gasteiger partial charge in [0.05, 0.1) is 5.38 Å². The van der Waals surface area contributed by atoms with Crippen LogP contribution in [-0.2, 0) is 4.74 Å². The van der Waals surface area contributed by atoms with Crippen LogP contribution in [0.25, 0.3) is 0 Å². The SMILES string of the molecule is O=C(O)OCC(Cl)CCl. The van der Waals surface area contributed by atoms with Crippen molar-refractivity contribution < 1.29 is 14.6 Å². The number of carboxylic acid groups (broad SMARTS) is 1. The van der Waals surface area contributed by atoms with E-state index in [0.717, 1.165) is 0 Å². The fraction of sp³-hybridized carbons (Fsp3) is 0.750. The van der Waals surface area contributed by atoms with Crippen LogP contribution in [0.3, 0.4) is 0 Å². The molecule has 0 aromatic rings. The van der Waals surface area contributed by atoms with Gasteiger partial charge in [-0.2, -0.15) is 0 Å². The normalized spacial score (nSPS) is 12.7. The molecular weight excluding hydrogens is 167 g/mol. The summed E-state index contributed by atoms with van der Waals surface area (Å²) in [5.41, 5.74) is 0. The van der Waals surface area contributed by atoms with Crippen molar-refractivity contribution >= 4 is 29.4 Å². The molecule has 9 heavy (non-hydrogen) atoms. The lowest BCUT2D eigenvalue weighted by Gasteiger charge is -2.02. The first-order valence-electron chi connectivity index (χ1n) is 2.22. The van der Waals surface area contributed by atoms with Crippen LogP contribution < -0.4 is 0 Å². The maximum absolute atomic E-state index is 9.70. The number of rotatable bonds is 3. The van der Waals surface area contributed by atoms with Crippen molar-refractivity contribution in [3.63, 3.8) is 0 Å². The van der Waals surface area contributed by atoms with Crippen LogP contribution >= 0.6 is 23.2 Å². The maximum atomic E-state index is 9.70. The minimum Gasteiger partial charge on any atom is -0.450 e. The first-order chi connectivity index (χ1) is 4.16. The summed E-state index contributed by atoms with van der Waals surface area (Å²) in [6.07, 6.45) is -1.33. The minimum absolute atomic E-state index is 0.0552. The molecule has 0 aliphatic rings. The van der Waals surface area contributed by atoms with Crippen LogP contribution in [0, 0.1) is 0 Å². The van der Waals surface area contributed by atoms with Gasteiger partial charge in [-0.25, -0.2) is 4.79 Å². The number of alkyl halides is 2. The molecular formula is C4H6Cl2O3. The van der Waals surface area contributed by atoms with Crippen molar-refractivity contribution in [3.05, 3.63) is 0 Å². The molecule has 0 fully saturated rings. The van der Waals surface area contributed by atoms with E-state index in [-0.39, 0.29) is 12.5 Å². The van der Waals surface area contributed by atoms with Crippen molar-refractivity contribution in [2.45, 2.75) is 5.38 Å². The lowest BCUT2D eigenvalue weighted by molar-refractivity contribution is 0.0927. The molecule has 3 nitrogen and oxygen atoms in total. The quantitative estimate of drug-likeness (QED) is 0.519. The van der Waals surface area contributed by atoms with Gasteiger partial charge < -0.3 is 9.84 Å². The largest absolute Gasteiger partial charge is 0.505 e. The second kappa shape index (κ2) is 4.70. The molecule has 0 heterocycles. The van der Waals surface area contributed by atoms with E-state index >= 15 is 0 Å². The molecule has 0 aliphatic carbocycles. The summed E-state index contributed by atoms with van der Waals surface area (Å²) in [5, 5.41) is 7.51. The van der Waals surface area contributed by atoms with Crippen LogP contribution in [0.2, 0.25) is 0 Å². The van der Waals surface area contributed by atoms with Gasteiger partial charge in [-0.15, -0.1) is 23.2 Å². The lowest BCUT2D eigenvalue weighted by atomic mass is 10.5. The summed E-state index contributed by atoms with van der Waals surface area (Å²) in [6.45, 7) is -0.0552. The monoisotopic (exact) mass is 172 g/mol. The van der Waals surface area contributed by atoms with E-state index in [1.165, 1.54) is 0 Å². The third kappa shape index (κ3) is 5.73. The molecule has 0 saturated heterocycles. The van der Waals surface area contributed by atoms with E-state index < -0.39 is 11.5 Å². The van der Waals surface area contributed by atoms with Crippen molar-refractivity contribution in [1.29, 1.82) is 0 Å². The van der Waals surface area contributed by atoms with Crippen molar-refractivity contribution in [1.82, 2.24) is 0 Å². The maximum Gasteiger partial charge on any atom is 0.505 e. The van der Waals surface area contributed by atoms with Crippen molar-refractivity contribution in [2.24, 2.45) is 0 Å². The Morgan fingerprint density at radius 3 is 2.67 bits per heavy atom. The van der Waals surface area contributed by atoms with Crippen LogP contribution in [0.1, 0.15) is 0 Å². The summed E-state index contributed by atoms with van der Waals surface area (Å²) < 4.78 is 4.09. The average Bonchev–Trinajstić information content (AvgIpc) is 1.83. The van der Waals surface area contributed by atoms with Gasteiger partial charge in [0.1, 0.15) is 6.61 Å². The Kier molecular flexibility index (Phi) is 4.62. The molecule has 1 atom stereocenters. The summed E-state index contributed by atoms with van der Waals surface area (Å²) in [4.78, 5) is 9.70. The third-order valence-corrected chi connectivity index (χ3v) is 1.37. The Morgan fingerprint density at radius 1 is 1.78 bits per heavy atom. The van der Waals surface area contributed by atoms with Gasteiger partial charge in [-0.1, -0.05) is 0 Å². The number of hydrogen-bond donors (Lipinski definition) is 1. The van der Waals surface area contributed by atoms with Crippen LogP contribution in [-0.4, -0.2) is 29.1 Å². The first-order valence-corrected chi connectivity index (χ1v) is 3.19. The number of halogens is 2.